The number of aromatic nitrogens is 4. The maximum atomic E-state index is 11.6. The van der Waals surface area contributed by atoms with Crippen molar-refractivity contribution in [1.82, 2.24) is 19.9 Å². The molecule has 3 aromatic heterocycles. The number of ether oxygens (including phenoxy) is 1. The molecule has 0 unspecified atom stereocenters. The second-order valence-corrected chi connectivity index (χ2v) is 8.44. The zero-order valence-corrected chi connectivity index (χ0v) is 17.9. The van der Waals surface area contributed by atoms with Crippen molar-refractivity contribution in [3.63, 3.8) is 0 Å². The van der Waals surface area contributed by atoms with Crippen molar-refractivity contribution in [2.24, 2.45) is 5.92 Å². The number of piperazine rings is 1. The highest BCUT2D eigenvalue weighted by atomic mass is 32.1. The predicted molar refractivity (Wildman–Crippen MR) is 118 cm³/mol. The molecule has 0 aromatic carbocycles. The maximum absolute atomic E-state index is 11.6. The Bertz CT molecular complexity index is 986. The first-order valence-electron chi connectivity index (χ1n) is 9.95. The Hall–Kier alpha value is -3.07. The highest BCUT2D eigenvalue weighted by Crippen LogP contribution is 2.34. The van der Waals surface area contributed by atoms with Crippen molar-refractivity contribution in [3.8, 4) is 16.5 Å². The lowest BCUT2D eigenvalue weighted by Crippen LogP contribution is -2.46. The number of rotatable bonds is 7. The van der Waals surface area contributed by atoms with Crippen LogP contribution in [0.25, 0.3) is 10.6 Å². The van der Waals surface area contributed by atoms with Crippen LogP contribution in [0.5, 0.6) is 5.88 Å². The largest absolute Gasteiger partial charge is 0.477 e. The van der Waals surface area contributed by atoms with E-state index in [2.05, 4.69) is 43.6 Å². The standard InChI is InChI=1S/C21H24N6O2S/c1-15(2)13-29-19-10-18(23-14-24-19)26-6-8-27(9-7-26)21-17(12-28)25-20(30-21)16-4-3-5-22-11-16/h3-5,10-12,14-15H,6-9,13H2,1-2H3. The van der Waals surface area contributed by atoms with E-state index in [9.17, 15) is 4.79 Å². The molecule has 0 aliphatic carbocycles. The Kier molecular flexibility index (Phi) is 6.18. The van der Waals surface area contributed by atoms with Crippen LogP contribution >= 0.6 is 11.3 Å². The Labute approximate surface area is 179 Å². The lowest BCUT2D eigenvalue weighted by molar-refractivity contribution is 0.112. The molecule has 8 nitrogen and oxygen atoms in total. The third-order valence-electron chi connectivity index (χ3n) is 4.74. The van der Waals surface area contributed by atoms with E-state index in [0.29, 0.717) is 24.1 Å². The molecule has 0 bridgehead atoms. The van der Waals surface area contributed by atoms with Gasteiger partial charge in [-0.15, -0.1) is 0 Å². The number of carbonyl (C=O) groups is 1. The highest BCUT2D eigenvalue weighted by molar-refractivity contribution is 7.19. The van der Waals surface area contributed by atoms with Crippen molar-refractivity contribution in [3.05, 3.63) is 42.6 Å². The van der Waals surface area contributed by atoms with E-state index in [0.717, 1.165) is 53.9 Å². The number of hydrogen-bond acceptors (Lipinski definition) is 9. The van der Waals surface area contributed by atoms with Crippen molar-refractivity contribution in [2.75, 3.05) is 42.6 Å². The Balaban J connectivity index is 1.44. The van der Waals surface area contributed by atoms with Gasteiger partial charge in [0, 0.05) is 50.2 Å². The molecule has 1 saturated heterocycles. The summed E-state index contributed by atoms with van der Waals surface area (Å²) < 4.78 is 5.73. The fourth-order valence-electron chi connectivity index (χ4n) is 3.21. The Morgan fingerprint density at radius 2 is 2.00 bits per heavy atom. The third-order valence-corrected chi connectivity index (χ3v) is 5.92. The van der Waals surface area contributed by atoms with Crippen LogP contribution in [0.3, 0.4) is 0 Å². The van der Waals surface area contributed by atoms with Crippen LogP contribution < -0.4 is 14.5 Å². The summed E-state index contributed by atoms with van der Waals surface area (Å²) in [4.78, 5) is 33.3. The normalized spacial score (nSPS) is 14.2. The number of nitrogens with zero attached hydrogens (tertiary/aromatic N) is 6. The number of aldehydes is 1. The molecule has 0 spiro atoms. The Morgan fingerprint density at radius 1 is 1.20 bits per heavy atom. The molecule has 0 amide bonds. The number of carbonyl (C=O) groups excluding carboxylic acids is 1. The first kappa shape index (κ1) is 20.2. The molecule has 156 valence electrons. The summed E-state index contributed by atoms with van der Waals surface area (Å²) in [6.07, 6.45) is 5.87. The molecule has 4 heterocycles. The summed E-state index contributed by atoms with van der Waals surface area (Å²) in [6, 6.07) is 5.72. The van der Waals surface area contributed by atoms with Gasteiger partial charge in [0.05, 0.1) is 6.61 Å². The van der Waals surface area contributed by atoms with E-state index in [4.69, 9.17) is 4.74 Å². The molecule has 0 N–H and O–H groups in total. The summed E-state index contributed by atoms with van der Waals surface area (Å²) in [5.41, 5.74) is 1.41. The minimum Gasteiger partial charge on any atom is -0.477 e. The molecule has 1 aliphatic heterocycles. The average Bonchev–Trinajstić information content (AvgIpc) is 3.23. The first-order valence-corrected chi connectivity index (χ1v) is 10.8. The zero-order valence-electron chi connectivity index (χ0n) is 17.1. The van der Waals surface area contributed by atoms with E-state index in [1.54, 1.807) is 18.7 Å². The number of hydrogen-bond donors (Lipinski definition) is 0. The van der Waals surface area contributed by atoms with Gasteiger partial charge < -0.3 is 14.5 Å². The predicted octanol–water partition coefficient (Wildman–Crippen LogP) is 3.17. The number of pyridine rings is 1. The van der Waals surface area contributed by atoms with E-state index in [1.165, 1.54) is 11.3 Å². The van der Waals surface area contributed by atoms with Gasteiger partial charge in [-0.1, -0.05) is 25.2 Å². The van der Waals surface area contributed by atoms with Gasteiger partial charge in [-0.2, -0.15) is 0 Å². The van der Waals surface area contributed by atoms with Crippen LogP contribution in [-0.4, -0.2) is 59.0 Å². The molecule has 3 aromatic rings. The molecular formula is C21H24N6O2S. The van der Waals surface area contributed by atoms with Gasteiger partial charge in [0.1, 0.15) is 27.8 Å². The molecule has 0 radical (unpaired) electrons. The van der Waals surface area contributed by atoms with Gasteiger partial charge in [0.2, 0.25) is 5.88 Å². The average molecular weight is 425 g/mol. The van der Waals surface area contributed by atoms with E-state index >= 15 is 0 Å². The molecule has 0 atom stereocenters. The van der Waals surface area contributed by atoms with Crippen LogP contribution in [0.1, 0.15) is 24.3 Å². The lowest BCUT2D eigenvalue weighted by Gasteiger charge is -2.35. The van der Waals surface area contributed by atoms with Crippen LogP contribution in [0, 0.1) is 5.92 Å². The molecule has 1 fully saturated rings. The summed E-state index contributed by atoms with van der Waals surface area (Å²) >= 11 is 1.53. The molecule has 4 rings (SSSR count). The molecular weight excluding hydrogens is 400 g/mol. The fraction of sp³-hybridized carbons (Fsp3) is 0.381. The van der Waals surface area contributed by atoms with Crippen LogP contribution in [0.2, 0.25) is 0 Å². The first-order chi connectivity index (χ1) is 14.6. The second-order valence-electron chi connectivity index (χ2n) is 7.46. The maximum Gasteiger partial charge on any atom is 0.218 e. The highest BCUT2D eigenvalue weighted by Gasteiger charge is 2.24. The molecule has 9 heteroatoms. The van der Waals surface area contributed by atoms with Gasteiger partial charge in [-0.25, -0.2) is 15.0 Å². The SMILES string of the molecule is CC(C)COc1cc(N2CCN(c3sc(-c4cccnc4)nc3C=O)CC2)ncn1. The molecule has 30 heavy (non-hydrogen) atoms. The summed E-state index contributed by atoms with van der Waals surface area (Å²) in [6.45, 7) is 7.98. The van der Waals surface area contributed by atoms with Crippen LogP contribution in [-0.2, 0) is 0 Å². The Morgan fingerprint density at radius 3 is 2.70 bits per heavy atom. The third kappa shape index (κ3) is 4.56. The smallest absolute Gasteiger partial charge is 0.218 e. The van der Waals surface area contributed by atoms with Crippen molar-refractivity contribution < 1.29 is 9.53 Å². The van der Waals surface area contributed by atoms with Gasteiger partial charge in [0.25, 0.3) is 0 Å². The molecule has 0 saturated carbocycles. The topological polar surface area (TPSA) is 84.3 Å². The zero-order chi connectivity index (χ0) is 20.9. The van der Waals surface area contributed by atoms with E-state index < -0.39 is 0 Å². The van der Waals surface area contributed by atoms with Crippen molar-refractivity contribution >= 4 is 28.4 Å². The summed E-state index contributed by atoms with van der Waals surface area (Å²) in [5.74, 6) is 1.90. The van der Waals surface area contributed by atoms with Crippen LogP contribution in [0.4, 0.5) is 10.8 Å². The summed E-state index contributed by atoms with van der Waals surface area (Å²) in [5, 5.41) is 1.72. The number of thiazole rings is 1. The monoisotopic (exact) mass is 424 g/mol. The molecule has 1 aliphatic rings. The lowest BCUT2D eigenvalue weighted by atomic mass is 10.2. The van der Waals surface area contributed by atoms with Crippen LogP contribution in [0.15, 0.2) is 36.9 Å². The number of anilines is 2. The quantitative estimate of drug-likeness (QED) is 0.535. The van der Waals surface area contributed by atoms with E-state index in [1.807, 2.05) is 18.2 Å². The van der Waals surface area contributed by atoms with Gasteiger partial charge >= 0.3 is 0 Å². The van der Waals surface area contributed by atoms with Gasteiger partial charge in [-0.05, 0) is 18.1 Å². The minimum absolute atomic E-state index is 0.440. The fourth-order valence-corrected chi connectivity index (χ4v) is 4.29. The minimum atomic E-state index is 0.440. The van der Waals surface area contributed by atoms with Gasteiger partial charge in [-0.3, -0.25) is 9.78 Å². The second kappa shape index (κ2) is 9.17. The van der Waals surface area contributed by atoms with E-state index in [-0.39, 0.29) is 0 Å². The van der Waals surface area contributed by atoms with Crippen molar-refractivity contribution in [1.29, 1.82) is 0 Å². The summed E-state index contributed by atoms with van der Waals surface area (Å²) in [7, 11) is 0. The van der Waals surface area contributed by atoms with Crippen molar-refractivity contribution in [2.45, 2.75) is 13.8 Å². The van der Waals surface area contributed by atoms with Gasteiger partial charge in [0.15, 0.2) is 6.29 Å².